The Bertz CT molecular complexity index is 1250. The Kier molecular flexibility index (Phi) is 5.32. The SMILES string of the molecule is Cc1nc(C(=O)N(Cc2cccs2)c2ccc3c(c2)OCCO3)nn1-c1ccc(F)cc1. The van der Waals surface area contributed by atoms with Gasteiger partial charge in [-0.05, 0) is 54.8 Å². The zero-order valence-electron chi connectivity index (χ0n) is 17.2. The second-order valence-corrected chi connectivity index (χ2v) is 8.20. The first-order valence-electron chi connectivity index (χ1n) is 10.0. The summed E-state index contributed by atoms with van der Waals surface area (Å²) in [6, 6.07) is 15.2. The number of hydrogen-bond donors (Lipinski definition) is 0. The number of thiophene rings is 1. The number of nitrogens with zero attached hydrogens (tertiary/aromatic N) is 4. The molecular formula is C23H19FN4O3S. The number of aromatic nitrogens is 3. The third-order valence-corrected chi connectivity index (χ3v) is 5.87. The Morgan fingerprint density at radius 1 is 1.12 bits per heavy atom. The number of aryl methyl sites for hydroxylation is 1. The monoisotopic (exact) mass is 450 g/mol. The molecule has 0 saturated carbocycles. The van der Waals surface area contributed by atoms with E-state index in [1.807, 2.05) is 23.6 Å². The number of rotatable bonds is 5. The van der Waals surface area contributed by atoms with Crippen molar-refractivity contribution in [1.29, 1.82) is 0 Å². The lowest BCUT2D eigenvalue weighted by molar-refractivity contribution is 0.0975. The molecule has 1 aliphatic rings. The molecule has 7 nitrogen and oxygen atoms in total. The molecule has 0 aliphatic carbocycles. The highest BCUT2D eigenvalue weighted by Crippen LogP contribution is 2.35. The van der Waals surface area contributed by atoms with Crippen LogP contribution in [-0.4, -0.2) is 33.9 Å². The van der Waals surface area contributed by atoms with Gasteiger partial charge in [-0.15, -0.1) is 16.4 Å². The maximum Gasteiger partial charge on any atom is 0.298 e. The highest BCUT2D eigenvalue weighted by atomic mass is 32.1. The average molecular weight is 450 g/mol. The second kappa shape index (κ2) is 8.43. The lowest BCUT2D eigenvalue weighted by Gasteiger charge is -2.24. The molecule has 0 spiro atoms. The molecule has 5 rings (SSSR count). The number of carbonyl (C=O) groups excluding carboxylic acids is 1. The van der Waals surface area contributed by atoms with Gasteiger partial charge in [-0.2, -0.15) is 0 Å². The van der Waals surface area contributed by atoms with E-state index in [1.165, 1.54) is 16.8 Å². The van der Waals surface area contributed by atoms with Crippen molar-refractivity contribution in [2.75, 3.05) is 18.1 Å². The topological polar surface area (TPSA) is 69.5 Å². The largest absolute Gasteiger partial charge is 0.486 e. The van der Waals surface area contributed by atoms with Gasteiger partial charge < -0.3 is 14.4 Å². The predicted octanol–water partition coefficient (Wildman–Crippen LogP) is 4.39. The van der Waals surface area contributed by atoms with Crippen LogP contribution in [0.15, 0.2) is 60.0 Å². The highest BCUT2D eigenvalue weighted by molar-refractivity contribution is 7.09. The summed E-state index contributed by atoms with van der Waals surface area (Å²) < 4.78 is 26.1. The molecule has 1 aliphatic heterocycles. The van der Waals surface area contributed by atoms with Crippen molar-refractivity contribution in [1.82, 2.24) is 14.8 Å². The van der Waals surface area contributed by atoms with Crippen LogP contribution in [0.3, 0.4) is 0 Å². The summed E-state index contributed by atoms with van der Waals surface area (Å²) in [4.78, 5) is 20.6. The standard InChI is InChI=1S/C23H19FN4O3S/c1-15-25-22(26-28(15)17-6-4-16(24)5-7-17)23(29)27(14-19-3-2-12-32-19)18-8-9-20-21(13-18)31-11-10-30-20/h2-9,12-13H,10-11,14H2,1H3. The number of fused-ring (bicyclic) bond motifs is 1. The van der Waals surface area contributed by atoms with Gasteiger partial charge in [-0.3, -0.25) is 4.79 Å². The fourth-order valence-corrected chi connectivity index (χ4v) is 4.16. The zero-order valence-corrected chi connectivity index (χ0v) is 18.0. The summed E-state index contributed by atoms with van der Waals surface area (Å²) >= 11 is 1.56. The van der Waals surface area contributed by atoms with Crippen LogP contribution in [-0.2, 0) is 6.54 Å². The number of halogens is 1. The molecule has 32 heavy (non-hydrogen) atoms. The fourth-order valence-electron chi connectivity index (χ4n) is 3.47. The number of ether oxygens (including phenoxy) is 2. The normalized spacial score (nSPS) is 12.6. The molecule has 0 N–H and O–H groups in total. The van der Waals surface area contributed by atoms with E-state index >= 15 is 0 Å². The number of carbonyl (C=O) groups is 1. The van der Waals surface area contributed by atoms with E-state index in [2.05, 4.69) is 10.1 Å². The second-order valence-electron chi connectivity index (χ2n) is 7.17. The Hall–Kier alpha value is -3.72. The number of hydrogen-bond acceptors (Lipinski definition) is 6. The smallest absolute Gasteiger partial charge is 0.298 e. The van der Waals surface area contributed by atoms with Crippen LogP contribution in [0.5, 0.6) is 11.5 Å². The predicted molar refractivity (Wildman–Crippen MR) is 118 cm³/mol. The van der Waals surface area contributed by atoms with Gasteiger partial charge in [0.1, 0.15) is 24.9 Å². The van der Waals surface area contributed by atoms with Crippen molar-refractivity contribution in [3.63, 3.8) is 0 Å². The fraction of sp³-hybridized carbons (Fsp3) is 0.174. The lowest BCUT2D eigenvalue weighted by atomic mass is 10.2. The molecule has 0 radical (unpaired) electrons. The number of anilines is 1. The van der Waals surface area contributed by atoms with Crippen LogP contribution in [0.2, 0.25) is 0 Å². The van der Waals surface area contributed by atoms with Gasteiger partial charge in [0, 0.05) is 16.6 Å². The minimum absolute atomic E-state index is 0.0540. The van der Waals surface area contributed by atoms with Gasteiger partial charge in [0.05, 0.1) is 12.2 Å². The maximum absolute atomic E-state index is 13.6. The van der Waals surface area contributed by atoms with Crippen molar-refractivity contribution < 1.29 is 18.7 Å². The molecule has 0 unspecified atom stereocenters. The van der Waals surface area contributed by atoms with Gasteiger partial charge >= 0.3 is 0 Å². The average Bonchev–Trinajstić information content (AvgIpc) is 3.47. The first-order chi connectivity index (χ1) is 15.6. The van der Waals surface area contributed by atoms with Crippen LogP contribution < -0.4 is 14.4 Å². The van der Waals surface area contributed by atoms with Crippen LogP contribution >= 0.6 is 11.3 Å². The minimum atomic E-state index is -0.348. The van der Waals surface area contributed by atoms with E-state index in [0.717, 1.165) is 4.88 Å². The quantitative estimate of drug-likeness (QED) is 0.451. The summed E-state index contributed by atoms with van der Waals surface area (Å²) in [5.74, 6) is 1.14. The van der Waals surface area contributed by atoms with Gasteiger partial charge in [0.2, 0.25) is 5.82 Å². The third kappa shape index (κ3) is 3.94. The highest BCUT2D eigenvalue weighted by Gasteiger charge is 2.25. The molecule has 9 heteroatoms. The summed E-state index contributed by atoms with van der Waals surface area (Å²) in [6.45, 7) is 3.06. The van der Waals surface area contributed by atoms with Gasteiger partial charge in [-0.25, -0.2) is 14.1 Å². The minimum Gasteiger partial charge on any atom is -0.486 e. The van der Waals surface area contributed by atoms with Crippen molar-refractivity contribution >= 4 is 22.9 Å². The molecule has 0 atom stereocenters. The molecule has 2 aromatic carbocycles. The van der Waals surface area contributed by atoms with E-state index in [1.54, 1.807) is 47.4 Å². The van der Waals surface area contributed by atoms with E-state index in [4.69, 9.17) is 9.47 Å². The Morgan fingerprint density at radius 2 is 1.91 bits per heavy atom. The van der Waals surface area contributed by atoms with Gasteiger partial charge in [0.15, 0.2) is 11.5 Å². The van der Waals surface area contributed by atoms with Crippen LogP contribution in [0.4, 0.5) is 10.1 Å². The van der Waals surface area contributed by atoms with Gasteiger partial charge in [-0.1, -0.05) is 6.07 Å². The molecule has 4 aromatic rings. The van der Waals surface area contributed by atoms with Crippen LogP contribution in [0.1, 0.15) is 21.3 Å². The first-order valence-corrected chi connectivity index (χ1v) is 10.9. The Morgan fingerprint density at radius 3 is 2.66 bits per heavy atom. The van der Waals surface area contributed by atoms with Gasteiger partial charge in [0.25, 0.3) is 5.91 Å². The summed E-state index contributed by atoms with van der Waals surface area (Å²) in [7, 11) is 0. The Labute approximate surface area is 187 Å². The molecule has 0 saturated heterocycles. The first kappa shape index (κ1) is 20.2. The molecule has 1 amide bonds. The maximum atomic E-state index is 13.6. The van der Waals surface area contributed by atoms with Crippen LogP contribution in [0, 0.1) is 12.7 Å². The molecular weight excluding hydrogens is 431 g/mol. The summed E-state index contributed by atoms with van der Waals surface area (Å²) in [5, 5.41) is 6.38. The summed E-state index contributed by atoms with van der Waals surface area (Å²) in [5.41, 5.74) is 1.28. The van der Waals surface area contributed by atoms with Crippen LogP contribution in [0.25, 0.3) is 5.69 Å². The molecule has 162 valence electrons. The Balaban J connectivity index is 1.51. The van der Waals surface area contributed by atoms with Crippen molar-refractivity contribution in [2.45, 2.75) is 13.5 Å². The van der Waals surface area contributed by atoms with Crippen molar-refractivity contribution in [3.05, 3.63) is 82.3 Å². The van der Waals surface area contributed by atoms with E-state index in [-0.39, 0.29) is 17.5 Å². The number of amides is 1. The molecule has 0 fully saturated rings. The van der Waals surface area contributed by atoms with Crippen molar-refractivity contribution in [3.8, 4) is 17.2 Å². The third-order valence-electron chi connectivity index (χ3n) is 5.01. The lowest BCUT2D eigenvalue weighted by Crippen LogP contribution is -2.31. The zero-order chi connectivity index (χ0) is 22.1. The molecule has 3 heterocycles. The molecule has 2 aromatic heterocycles. The van der Waals surface area contributed by atoms with E-state index in [0.29, 0.717) is 48.5 Å². The van der Waals surface area contributed by atoms with Crippen molar-refractivity contribution in [2.24, 2.45) is 0 Å². The number of benzene rings is 2. The van der Waals surface area contributed by atoms with E-state index in [9.17, 15) is 9.18 Å². The molecule has 0 bridgehead atoms. The summed E-state index contributed by atoms with van der Waals surface area (Å²) in [6.07, 6.45) is 0. The van der Waals surface area contributed by atoms with E-state index < -0.39 is 0 Å².